The molecule has 0 radical (unpaired) electrons. The number of amides is 3. The summed E-state index contributed by atoms with van der Waals surface area (Å²) in [4.78, 5) is 50.5. The summed E-state index contributed by atoms with van der Waals surface area (Å²) in [5.74, 6) is -1.84. The molecule has 1 fully saturated rings. The molecule has 2 atom stereocenters. The van der Waals surface area contributed by atoms with Gasteiger partial charge >= 0.3 is 12.1 Å². The van der Waals surface area contributed by atoms with Crippen molar-refractivity contribution in [3.05, 3.63) is 35.9 Å². The van der Waals surface area contributed by atoms with E-state index in [9.17, 15) is 24.3 Å². The Morgan fingerprint density at radius 2 is 1.74 bits per heavy atom. The number of carbonyl (C=O) groups excluding carboxylic acids is 3. The number of carboxylic acid groups (broad SMARTS) is 1. The van der Waals surface area contributed by atoms with E-state index in [0.29, 0.717) is 0 Å². The molecule has 2 unspecified atom stereocenters. The van der Waals surface area contributed by atoms with E-state index in [1.54, 1.807) is 20.8 Å². The van der Waals surface area contributed by atoms with Gasteiger partial charge in [-0.1, -0.05) is 30.3 Å². The van der Waals surface area contributed by atoms with Gasteiger partial charge in [0.15, 0.2) is 0 Å². The Balaban J connectivity index is 2.12. The highest BCUT2D eigenvalue weighted by Gasteiger charge is 2.43. The average Bonchev–Trinajstić information content (AvgIpc) is 2.88. The molecule has 1 aromatic carbocycles. The number of carboxylic acids is 1. The predicted octanol–water partition coefficient (Wildman–Crippen LogP) is 2.05. The summed E-state index contributed by atoms with van der Waals surface area (Å²) >= 11 is 0. The van der Waals surface area contributed by atoms with Crippen molar-refractivity contribution in [3.63, 3.8) is 0 Å². The van der Waals surface area contributed by atoms with Crippen molar-refractivity contribution < 1.29 is 29.0 Å². The van der Waals surface area contributed by atoms with E-state index in [1.807, 2.05) is 30.3 Å². The second-order valence-electron chi connectivity index (χ2n) is 9.21. The van der Waals surface area contributed by atoms with Gasteiger partial charge in [0.1, 0.15) is 11.1 Å². The van der Waals surface area contributed by atoms with Crippen molar-refractivity contribution in [2.45, 2.75) is 77.2 Å². The third-order valence-electron chi connectivity index (χ3n) is 4.86. The zero-order chi connectivity index (χ0) is 23.4. The van der Waals surface area contributed by atoms with E-state index in [4.69, 9.17) is 4.74 Å². The summed E-state index contributed by atoms with van der Waals surface area (Å²) in [5.41, 5.74) is -1.18. The average molecular weight is 434 g/mol. The first kappa shape index (κ1) is 24.2. The molecule has 1 aliphatic rings. The van der Waals surface area contributed by atoms with E-state index in [0.717, 1.165) is 5.56 Å². The number of alkyl carbamates (subject to hydrolysis) is 1. The fourth-order valence-electron chi connectivity index (χ4n) is 3.37. The molecule has 31 heavy (non-hydrogen) atoms. The van der Waals surface area contributed by atoms with Crippen molar-refractivity contribution in [3.8, 4) is 0 Å². The number of aliphatic carboxylic acids is 1. The minimum atomic E-state index is -1.33. The third kappa shape index (κ3) is 6.97. The van der Waals surface area contributed by atoms with Gasteiger partial charge in [-0.2, -0.15) is 0 Å². The first-order chi connectivity index (χ1) is 14.3. The van der Waals surface area contributed by atoms with Crippen LogP contribution in [0.2, 0.25) is 0 Å². The topological polar surface area (TPSA) is 125 Å². The third-order valence-corrected chi connectivity index (χ3v) is 4.86. The lowest BCUT2D eigenvalue weighted by atomic mass is 10.0. The number of nitrogens with zero attached hydrogens (tertiary/aromatic N) is 1. The van der Waals surface area contributed by atoms with Crippen LogP contribution in [0.5, 0.6) is 0 Å². The standard InChI is InChI=1S/C22H31N3O6/c1-21(2,3)31-20(30)24-22(4,5)19(29)23-15-11-17(26)25(16(15)12-18(27)28)13-14-9-7-6-8-10-14/h6-10,15-16H,11-13H2,1-5H3,(H,23,29)(H,24,30)(H,27,28). The van der Waals surface area contributed by atoms with Crippen molar-refractivity contribution in [2.75, 3.05) is 0 Å². The van der Waals surface area contributed by atoms with Gasteiger partial charge in [-0.15, -0.1) is 0 Å². The van der Waals surface area contributed by atoms with Crippen LogP contribution < -0.4 is 10.6 Å². The molecular weight excluding hydrogens is 402 g/mol. The zero-order valence-corrected chi connectivity index (χ0v) is 18.6. The van der Waals surface area contributed by atoms with Crippen molar-refractivity contribution in [1.82, 2.24) is 15.5 Å². The van der Waals surface area contributed by atoms with Gasteiger partial charge in [0, 0.05) is 13.0 Å². The van der Waals surface area contributed by atoms with Gasteiger partial charge in [0.25, 0.3) is 0 Å². The van der Waals surface area contributed by atoms with Gasteiger partial charge < -0.3 is 25.4 Å². The molecular formula is C22H31N3O6. The van der Waals surface area contributed by atoms with Crippen LogP contribution in [-0.4, -0.2) is 57.1 Å². The fourth-order valence-corrected chi connectivity index (χ4v) is 3.37. The summed E-state index contributed by atoms with van der Waals surface area (Å²) in [6.07, 6.45) is -1.06. The molecule has 3 amide bonds. The number of benzene rings is 1. The Morgan fingerprint density at radius 1 is 1.13 bits per heavy atom. The second kappa shape index (κ2) is 9.36. The molecule has 0 bridgehead atoms. The van der Waals surface area contributed by atoms with E-state index in [-0.39, 0.29) is 25.3 Å². The van der Waals surface area contributed by atoms with Crippen LogP contribution in [0.3, 0.4) is 0 Å². The molecule has 1 heterocycles. The van der Waals surface area contributed by atoms with Crippen LogP contribution >= 0.6 is 0 Å². The smallest absolute Gasteiger partial charge is 0.408 e. The first-order valence-corrected chi connectivity index (χ1v) is 10.2. The molecule has 0 saturated carbocycles. The first-order valence-electron chi connectivity index (χ1n) is 10.2. The number of rotatable bonds is 7. The molecule has 0 aliphatic carbocycles. The van der Waals surface area contributed by atoms with Gasteiger partial charge in [-0.3, -0.25) is 14.4 Å². The highest BCUT2D eigenvalue weighted by Crippen LogP contribution is 2.25. The normalized spacial score (nSPS) is 19.1. The lowest BCUT2D eigenvalue weighted by Crippen LogP contribution is -2.59. The monoisotopic (exact) mass is 433 g/mol. The lowest BCUT2D eigenvalue weighted by Gasteiger charge is -2.31. The second-order valence-corrected chi connectivity index (χ2v) is 9.21. The van der Waals surface area contributed by atoms with E-state index in [1.165, 1.54) is 18.7 Å². The maximum absolute atomic E-state index is 12.9. The molecule has 1 aliphatic heterocycles. The van der Waals surface area contributed by atoms with Gasteiger partial charge in [-0.05, 0) is 40.2 Å². The lowest BCUT2D eigenvalue weighted by molar-refractivity contribution is -0.139. The number of hydrogen-bond acceptors (Lipinski definition) is 5. The minimum absolute atomic E-state index is 0.0148. The maximum Gasteiger partial charge on any atom is 0.408 e. The molecule has 9 nitrogen and oxygen atoms in total. The summed E-state index contributed by atoms with van der Waals surface area (Å²) in [5, 5.41) is 14.6. The summed E-state index contributed by atoms with van der Waals surface area (Å²) in [6, 6.07) is 7.84. The summed E-state index contributed by atoms with van der Waals surface area (Å²) in [6.45, 7) is 8.41. The zero-order valence-electron chi connectivity index (χ0n) is 18.6. The minimum Gasteiger partial charge on any atom is -0.481 e. The van der Waals surface area contributed by atoms with Crippen LogP contribution in [0, 0.1) is 0 Å². The Bertz CT molecular complexity index is 831. The number of hydrogen-bond donors (Lipinski definition) is 3. The van der Waals surface area contributed by atoms with Crippen LogP contribution in [0.1, 0.15) is 53.0 Å². The maximum atomic E-state index is 12.9. The van der Waals surface area contributed by atoms with E-state index in [2.05, 4.69) is 10.6 Å². The molecule has 9 heteroatoms. The quantitative estimate of drug-likeness (QED) is 0.604. The van der Waals surface area contributed by atoms with Crippen LogP contribution in [-0.2, 0) is 25.7 Å². The number of carbonyl (C=O) groups is 4. The molecule has 1 aromatic rings. The Hall–Kier alpha value is -3.10. The van der Waals surface area contributed by atoms with Crippen LogP contribution in [0.15, 0.2) is 30.3 Å². The molecule has 0 aromatic heterocycles. The van der Waals surface area contributed by atoms with Crippen LogP contribution in [0.25, 0.3) is 0 Å². The molecule has 3 N–H and O–H groups in total. The van der Waals surface area contributed by atoms with E-state index >= 15 is 0 Å². The summed E-state index contributed by atoms with van der Waals surface area (Å²) < 4.78 is 5.20. The van der Waals surface area contributed by atoms with Crippen molar-refractivity contribution in [1.29, 1.82) is 0 Å². The van der Waals surface area contributed by atoms with Gasteiger partial charge in [-0.25, -0.2) is 4.79 Å². The molecule has 170 valence electrons. The fraction of sp³-hybridized carbons (Fsp3) is 0.545. The van der Waals surface area contributed by atoms with Gasteiger partial charge in [0.05, 0.1) is 18.5 Å². The van der Waals surface area contributed by atoms with Crippen LogP contribution in [0.4, 0.5) is 4.79 Å². The highest BCUT2D eigenvalue weighted by atomic mass is 16.6. The van der Waals surface area contributed by atoms with E-state index < -0.39 is 41.2 Å². The molecule has 0 spiro atoms. The largest absolute Gasteiger partial charge is 0.481 e. The number of nitrogens with one attached hydrogen (secondary N) is 2. The molecule has 1 saturated heterocycles. The van der Waals surface area contributed by atoms with Gasteiger partial charge in [0.2, 0.25) is 11.8 Å². The van der Waals surface area contributed by atoms with Crippen molar-refractivity contribution in [2.24, 2.45) is 0 Å². The molecule has 2 rings (SSSR count). The predicted molar refractivity (Wildman–Crippen MR) is 113 cm³/mol. The number of ether oxygens (including phenoxy) is 1. The highest BCUT2D eigenvalue weighted by molar-refractivity contribution is 5.90. The van der Waals surface area contributed by atoms with Crippen molar-refractivity contribution >= 4 is 23.9 Å². The Kier molecular flexibility index (Phi) is 7.30. The Morgan fingerprint density at radius 3 is 2.29 bits per heavy atom. The Labute approximate surface area is 182 Å². The SMILES string of the molecule is CC(C)(C)OC(=O)NC(C)(C)C(=O)NC1CC(=O)N(Cc2ccccc2)C1CC(=O)O. The summed E-state index contributed by atoms with van der Waals surface area (Å²) in [7, 11) is 0. The number of likely N-dealkylation sites (tertiary alicyclic amines) is 1.